The van der Waals surface area contributed by atoms with Crippen molar-refractivity contribution in [2.24, 2.45) is 0 Å². The predicted octanol–water partition coefficient (Wildman–Crippen LogP) is -0.388. The normalized spacial score (nSPS) is 21.7. The zero-order chi connectivity index (χ0) is 14.0. The van der Waals surface area contributed by atoms with Gasteiger partial charge in [0.2, 0.25) is 5.91 Å². The van der Waals surface area contributed by atoms with E-state index < -0.39 is 11.6 Å². The second kappa shape index (κ2) is 5.16. The highest BCUT2D eigenvalue weighted by Gasteiger charge is 2.48. The lowest BCUT2D eigenvalue weighted by atomic mass is 9.88. The summed E-state index contributed by atoms with van der Waals surface area (Å²) in [4.78, 5) is 36.4. The molecule has 0 atom stereocenters. The van der Waals surface area contributed by atoms with E-state index in [0.717, 1.165) is 0 Å². The molecule has 2 aliphatic rings. The number of imide groups is 1. The second-order valence-electron chi connectivity index (χ2n) is 5.23. The molecule has 2 saturated heterocycles. The largest absolute Gasteiger partial charge is 0.369 e. The van der Waals surface area contributed by atoms with Crippen LogP contribution in [0.25, 0.3) is 0 Å². The number of amides is 4. The van der Waals surface area contributed by atoms with Crippen LogP contribution in [-0.4, -0.2) is 54.1 Å². The van der Waals surface area contributed by atoms with Crippen molar-refractivity contribution in [3.05, 3.63) is 0 Å². The van der Waals surface area contributed by atoms with E-state index in [1.54, 1.807) is 4.90 Å². The number of piperidine rings is 1. The molecule has 0 unspecified atom stereocenters. The summed E-state index contributed by atoms with van der Waals surface area (Å²) in [5.74, 6) is -0.365. The van der Waals surface area contributed by atoms with Gasteiger partial charge in [0.05, 0.1) is 6.10 Å². The molecule has 4 amide bonds. The minimum absolute atomic E-state index is 0.0139. The molecule has 2 heterocycles. The number of carbonyl (C=O) groups is 3. The number of hydrogen-bond acceptors (Lipinski definition) is 4. The Morgan fingerprint density at radius 1 is 1.37 bits per heavy atom. The fourth-order valence-corrected chi connectivity index (χ4v) is 2.35. The lowest BCUT2D eigenvalue weighted by Gasteiger charge is -2.37. The van der Waals surface area contributed by atoms with Crippen molar-refractivity contribution in [3.63, 3.8) is 0 Å². The third-order valence-corrected chi connectivity index (χ3v) is 3.52. The van der Waals surface area contributed by atoms with Crippen LogP contribution in [-0.2, 0) is 14.3 Å². The molecule has 2 rings (SSSR count). The Balaban J connectivity index is 1.87. The number of hydrogen-bond donors (Lipinski definition) is 2. The molecule has 7 heteroatoms. The summed E-state index contributed by atoms with van der Waals surface area (Å²) in [6.45, 7) is 4.71. The van der Waals surface area contributed by atoms with Crippen LogP contribution in [0.4, 0.5) is 4.79 Å². The van der Waals surface area contributed by atoms with Gasteiger partial charge < -0.3 is 15.0 Å². The van der Waals surface area contributed by atoms with Crippen molar-refractivity contribution in [1.29, 1.82) is 0 Å². The Morgan fingerprint density at radius 2 is 2.00 bits per heavy atom. The number of carbonyl (C=O) groups excluding carboxylic acids is 3. The van der Waals surface area contributed by atoms with Gasteiger partial charge in [-0.2, -0.15) is 0 Å². The van der Waals surface area contributed by atoms with Crippen LogP contribution in [0, 0.1) is 0 Å². The molecule has 0 aromatic rings. The van der Waals surface area contributed by atoms with Gasteiger partial charge in [0, 0.05) is 13.1 Å². The summed E-state index contributed by atoms with van der Waals surface area (Å²) in [7, 11) is 0. The maximum Gasteiger partial charge on any atom is 0.322 e. The van der Waals surface area contributed by atoms with E-state index >= 15 is 0 Å². The van der Waals surface area contributed by atoms with E-state index in [0.29, 0.717) is 25.9 Å². The molecule has 0 aromatic heterocycles. The average molecular weight is 269 g/mol. The van der Waals surface area contributed by atoms with Crippen LogP contribution < -0.4 is 10.6 Å². The number of urea groups is 1. The first-order chi connectivity index (χ1) is 8.93. The standard InChI is InChI=1S/C12H19N3O4/c1-8(2)19-7-9(16)15-5-3-12(4-6-15)10(17)13-11(18)14-12/h8H,3-7H2,1-2H3,(H2,13,14,17,18). The van der Waals surface area contributed by atoms with Crippen molar-refractivity contribution >= 4 is 17.8 Å². The number of rotatable bonds is 3. The first-order valence-electron chi connectivity index (χ1n) is 6.46. The molecular formula is C12H19N3O4. The Labute approximate surface area is 111 Å². The average Bonchev–Trinajstić information content (AvgIpc) is 2.62. The lowest BCUT2D eigenvalue weighted by molar-refractivity contribution is -0.141. The van der Waals surface area contributed by atoms with Crippen molar-refractivity contribution in [2.45, 2.75) is 38.3 Å². The third-order valence-electron chi connectivity index (χ3n) is 3.52. The number of ether oxygens (including phenoxy) is 1. The highest BCUT2D eigenvalue weighted by atomic mass is 16.5. The van der Waals surface area contributed by atoms with Crippen molar-refractivity contribution < 1.29 is 19.1 Å². The Morgan fingerprint density at radius 3 is 2.47 bits per heavy atom. The van der Waals surface area contributed by atoms with E-state index in [1.165, 1.54) is 0 Å². The number of nitrogens with zero attached hydrogens (tertiary/aromatic N) is 1. The van der Waals surface area contributed by atoms with Crippen molar-refractivity contribution in [2.75, 3.05) is 19.7 Å². The molecule has 0 radical (unpaired) electrons. The fourth-order valence-electron chi connectivity index (χ4n) is 2.35. The molecule has 1 spiro atoms. The maximum absolute atomic E-state index is 11.9. The minimum atomic E-state index is -0.827. The summed E-state index contributed by atoms with van der Waals surface area (Å²) < 4.78 is 5.27. The summed E-state index contributed by atoms with van der Waals surface area (Å²) in [5, 5.41) is 4.90. The third kappa shape index (κ3) is 2.86. The molecule has 2 fully saturated rings. The molecule has 19 heavy (non-hydrogen) atoms. The minimum Gasteiger partial charge on any atom is -0.369 e. The van der Waals surface area contributed by atoms with Gasteiger partial charge in [-0.1, -0.05) is 0 Å². The first kappa shape index (κ1) is 13.8. The zero-order valence-electron chi connectivity index (χ0n) is 11.2. The second-order valence-corrected chi connectivity index (χ2v) is 5.23. The molecule has 2 aliphatic heterocycles. The predicted molar refractivity (Wildman–Crippen MR) is 66.3 cm³/mol. The summed E-state index contributed by atoms with van der Waals surface area (Å²) >= 11 is 0. The molecule has 0 aromatic carbocycles. The molecule has 0 aliphatic carbocycles. The van der Waals surface area contributed by atoms with Gasteiger partial charge in [-0.25, -0.2) is 4.79 Å². The van der Waals surface area contributed by atoms with E-state index in [2.05, 4.69) is 10.6 Å². The van der Waals surface area contributed by atoms with E-state index in [-0.39, 0.29) is 24.5 Å². The molecule has 0 saturated carbocycles. The van der Waals surface area contributed by atoms with Crippen LogP contribution in [0.5, 0.6) is 0 Å². The maximum atomic E-state index is 11.9. The Hall–Kier alpha value is -1.63. The van der Waals surface area contributed by atoms with Gasteiger partial charge in [0.25, 0.3) is 5.91 Å². The summed E-state index contributed by atoms with van der Waals surface area (Å²) in [6.07, 6.45) is 0.899. The van der Waals surface area contributed by atoms with Crippen LogP contribution in [0.15, 0.2) is 0 Å². The van der Waals surface area contributed by atoms with Gasteiger partial charge in [-0.15, -0.1) is 0 Å². The zero-order valence-corrected chi connectivity index (χ0v) is 11.2. The first-order valence-corrected chi connectivity index (χ1v) is 6.46. The van der Waals surface area contributed by atoms with Gasteiger partial charge in [0.15, 0.2) is 0 Å². The molecule has 2 N–H and O–H groups in total. The monoisotopic (exact) mass is 269 g/mol. The molecule has 106 valence electrons. The van der Waals surface area contributed by atoms with E-state index in [1.807, 2.05) is 13.8 Å². The highest BCUT2D eigenvalue weighted by molar-refractivity contribution is 6.07. The van der Waals surface area contributed by atoms with Gasteiger partial charge >= 0.3 is 6.03 Å². The molecule has 7 nitrogen and oxygen atoms in total. The van der Waals surface area contributed by atoms with Gasteiger partial charge in [0.1, 0.15) is 12.1 Å². The fraction of sp³-hybridized carbons (Fsp3) is 0.750. The highest BCUT2D eigenvalue weighted by Crippen LogP contribution is 2.25. The number of nitrogens with one attached hydrogen (secondary N) is 2. The van der Waals surface area contributed by atoms with Crippen LogP contribution >= 0.6 is 0 Å². The van der Waals surface area contributed by atoms with Gasteiger partial charge in [-0.3, -0.25) is 14.9 Å². The van der Waals surface area contributed by atoms with E-state index in [4.69, 9.17) is 4.74 Å². The summed E-state index contributed by atoms with van der Waals surface area (Å²) in [6, 6.07) is -0.451. The Kier molecular flexibility index (Phi) is 3.75. The summed E-state index contributed by atoms with van der Waals surface area (Å²) in [5.41, 5.74) is -0.827. The molecule has 0 bridgehead atoms. The molecular weight excluding hydrogens is 250 g/mol. The lowest BCUT2D eigenvalue weighted by Crippen LogP contribution is -2.56. The van der Waals surface area contributed by atoms with Crippen LogP contribution in [0.3, 0.4) is 0 Å². The number of likely N-dealkylation sites (tertiary alicyclic amines) is 1. The van der Waals surface area contributed by atoms with Gasteiger partial charge in [-0.05, 0) is 26.7 Å². The topological polar surface area (TPSA) is 87.7 Å². The SMILES string of the molecule is CC(C)OCC(=O)N1CCC2(CC1)NC(=O)NC2=O. The smallest absolute Gasteiger partial charge is 0.322 e. The van der Waals surface area contributed by atoms with Crippen molar-refractivity contribution in [1.82, 2.24) is 15.5 Å². The van der Waals surface area contributed by atoms with Crippen LogP contribution in [0.1, 0.15) is 26.7 Å². The quantitative estimate of drug-likeness (QED) is 0.683. The Bertz CT molecular complexity index is 400. The van der Waals surface area contributed by atoms with E-state index in [9.17, 15) is 14.4 Å². The van der Waals surface area contributed by atoms with Crippen LogP contribution in [0.2, 0.25) is 0 Å². The van der Waals surface area contributed by atoms with Crippen molar-refractivity contribution in [3.8, 4) is 0 Å².